The number of nitrogens with zero attached hydrogens (tertiary/aromatic N) is 1. The van der Waals surface area contributed by atoms with Gasteiger partial charge in [0, 0.05) is 4.47 Å². The van der Waals surface area contributed by atoms with Gasteiger partial charge in [-0.2, -0.15) is 0 Å². The molecule has 1 saturated heterocycles. The van der Waals surface area contributed by atoms with Crippen LogP contribution in [0.15, 0.2) is 53.0 Å². The molecule has 3 rings (SSSR count). The van der Waals surface area contributed by atoms with Gasteiger partial charge in [0.1, 0.15) is 0 Å². The van der Waals surface area contributed by atoms with E-state index in [4.69, 9.17) is 11.6 Å². The molecule has 1 aliphatic heterocycles. The lowest BCUT2D eigenvalue weighted by Crippen LogP contribution is -2.39. The van der Waals surface area contributed by atoms with Crippen molar-refractivity contribution in [2.24, 2.45) is 5.92 Å². The minimum absolute atomic E-state index is 0.00858. The first-order valence-electron chi connectivity index (χ1n) is 8.61. The fourth-order valence-electron chi connectivity index (χ4n) is 3.28. The zero-order valence-corrected chi connectivity index (χ0v) is 16.4. The SMILES string of the molecule is O=C(CN1CCC(Cc2ccccc2)CC1)Nc1ccc(Br)cc1Cl. The van der Waals surface area contributed by atoms with Crippen molar-refractivity contribution in [2.45, 2.75) is 19.3 Å². The summed E-state index contributed by atoms with van der Waals surface area (Å²) in [6.45, 7) is 2.36. The number of likely N-dealkylation sites (tertiary alicyclic amines) is 1. The summed E-state index contributed by atoms with van der Waals surface area (Å²) >= 11 is 9.52. The van der Waals surface area contributed by atoms with Gasteiger partial charge >= 0.3 is 0 Å². The summed E-state index contributed by atoms with van der Waals surface area (Å²) in [7, 11) is 0. The Hall–Kier alpha value is -1.36. The summed E-state index contributed by atoms with van der Waals surface area (Å²) < 4.78 is 0.899. The third-order valence-corrected chi connectivity index (χ3v) is 5.45. The Balaban J connectivity index is 1.44. The number of piperidine rings is 1. The smallest absolute Gasteiger partial charge is 0.238 e. The van der Waals surface area contributed by atoms with Crippen LogP contribution >= 0.6 is 27.5 Å². The van der Waals surface area contributed by atoms with Crippen LogP contribution < -0.4 is 5.32 Å². The second-order valence-corrected chi connectivity index (χ2v) is 7.90. The Bertz CT molecular complexity index is 715. The van der Waals surface area contributed by atoms with Gasteiger partial charge < -0.3 is 5.32 Å². The van der Waals surface area contributed by atoms with Gasteiger partial charge in [0.15, 0.2) is 0 Å². The molecule has 3 nitrogen and oxygen atoms in total. The van der Waals surface area contributed by atoms with E-state index in [2.05, 4.69) is 56.5 Å². The Labute approximate surface area is 162 Å². The normalized spacial score (nSPS) is 15.9. The van der Waals surface area contributed by atoms with E-state index in [0.29, 0.717) is 23.2 Å². The van der Waals surface area contributed by atoms with Crippen LogP contribution in [0.2, 0.25) is 5.02 Å². The maximum atomic E-state index is 12.3. The zero-order valence-electron chi connectivity index (χ0n) is 14.1. The number of hydrogen-bond acceptors (Lipinski definition) is 2. The van der Waals surface area contributed by atoms with E-state index in [-0.39, 0.29) is 5.91 Å². The first-order valence-corrected chi connectivity index (χ1v) is 9.78. The van der Waals surface area contributed by atoms with Crippen LogP contribution in [0.3, 0.4) is 0 Å². The fourth-order valence-corrected chi connectivity index (χ4v) is 4.00. The Morgan fingerprint density at radius 3 is 2.56 bits per heavy atom. The zero-order chi connectivity index (χ0) is 17.6. The quantitative estimate of drug-likeness (QED) is 0.737. The molecule has 25 heavy (non-hydrogen) atoms. The van der Waals surface area contributed by atoms with Gasteiger partial charge in [0.2, 0.25) is 5.91 Å². The standard InChI is InChI=1S/C20H22BrClN2O/c21-17-6-7-19(18(22)13-17)23-20(25)14-24-10-8-16(9-11-24)12-15-4-2-1-3-5-15/h1-7,13,16H,8-12,14H2,(H,23,25). The van der Waals surface area contributed by atoms with Crippen LogP contribution in [0.25, 0.3) is 0 Å². The number of hydrogen-bond donors (Lipinski definition) is 1. The van der Waals surface area contributed by atoms with Gasteiger partial charge in [-0.05, 0) is 62.0 Å². The number of halogens is 2. The number of carbonyl (C=O) groups is 1. The first-order chi connectivity index (χ1) is 12.1. The molecule has 0 bridgehead atoms. The van der Waals surface area contributed by atoms with E-state index in [9.17, 15) is 4.79 Å². The third-order valence-electron chi connectivity index (χ3n) is 4.65. The highest BCUT2D eigenvalue weighted by molar-refractivity contribution is 9.10. The topological polar surface area (TPSA) is 32.3 Å². The number of benzene rings is 2. The number of amides is 1. The molecule has 1 aliphatic rings. The summed E-state index contributed by atoms with van der Waals surface area (Å²) in [5.41, 5.74) is 2.07. The number of anilines is 1. The molecule has 2 aromatic rings. The second kappa shape index (κ2) is 8.84. The molecular formula is C20H22BrClN2O. The largest absolute Gasteiger partial charge is 0.324 e. The van der Waals surface area contributed by atoms with E-state index in [1.807, 2.05) is 12.1 Å². The first kappa shape index (κ1) is 18.4. The van der Waals surface area contributed by atoms with Crippen LogP contribution in [0, 0.1) is 5.92 Å². The van der Waals surface area contributed by atoms with Gasteiger partial charge in [-0.25, -0.2) is 0 Å². The average Bonchev–Trinajstić information content (AvgIpc) is 2.60. The van der Waals surface area contributed by atoms with Crippen molar-refractivity contribution in [3.05, 3.63) is 63.6 Å². The molecule has 1 heterocycles. The predicted octanol–water partition coefficient (Wildman–Crippen LogP) is 5.00. The lowest BCUT2D eigenvalue weighted by atomic mass is 9.90. The summed E-state index contributed by atoms with van der Waals surface area (Å²) in [6, 6.07) is 16.1. The maximum absolute atomic E-state index is 12.3. The molecule has 1 amide bonds. The van der Waals surface area contributed by atoms with E-state index in [0.717, 1.165) is 36.8 Å². The molecular weight excluding hydrogens is 400 g/mol. The highest BCUT2D eigenvalue weighted by Gasteiger charge is 2.21. The van der Waals surface area contributed by atoms with E-state index in [1.54, 1.807) is 6.07 Å². The van der Waals surface area contributed by atoms with Crippen molar-refractivity contribution < 1.29 is 4.79 Å². The van der Waals surface area contributed by atoms with E-state index >= 15 is 0 Å². The summed E-state index contributed by atoms with van der Waals surface area (Å²) in [6.07, 6.45) is 3.41. The van der Waals surface area contributed by atoms with Gasteiger partial charge in [0.05, 0.1) is 17.3 Å². The van der Waals surface area contributed by atoms with Crippen molar-refractivity contribution in [1.29, 1.82) is 0 Å². The fraction of sp³-hybridized carbons (Fsp3) is 0.350. The molecule has 132 valence electrons. The predicted molar refractivity (Wildman–Crippen MR) is 107 cm³/mol. The molecule has 0 saturated carbocycles. The molecule has 0 aliphatic carbocycles. The van der Waals surface area contributed by atoms with Crippen molar-refractivity contribution in [2.75, 3.05) is 25.0 Å². The molecule has 0 unspecified atom stereocenters. The van der Waals surface area contributed by atoms with Crippen LogP contribution in [-0.2, 0) is 11.2 Å². The monoisotopic (exact) mass is 420 g/mol. The van der Waals surface area contributed by atoms with Gasteiger partial charge in [-0.3, -0.25) is 9.69 Å². The molecule has 1 N–H and O–H groups in total. The minimum atomic E-state index is -0.00858. The lowest BCUT2D eigenvalue weighted by molar-refractivity contribution is -0.117. The second-order valence-electron chi connectivity index (χ2n) is 6.58. The Morgan fingerprint density at radius 2 is 1.88 bits per heavy atom. The summed E-state index contributed by atoms with van der Waals surface area (Å²) in [5.74, 6) is 0.702. The van der Waals surface area contributed by atoms with E-state index < -0.39 is 0 Å². The van der Waals surface area contributed by atoms with Gasteiger partial charge in [0.25, 0.3) is 0 Å². The molecule has 0 spiro atoms. The summed E-state index contributed by atoms with van der Waals surface area (Å²) in [5, 5.41) is 3.45. The molecule has 5 heteroatoms. The van der Waals surface area contributed by atoms with Crippen LogP contribution in [0.1, 0.15) is 18.4 Å². The molecule has 0 atom stereocenters. The minimum Gasteiger partial charge on any atom is -0.324 e. The van der Waals surface area contributed by atoms with Crippen LogP contribution in [0.4, 0.5) is 5.69 Å². The van der Waals surface area contributed by atoms with Crippen molar-refractivity contribution in [3.63, 3.8) is 0 Å². The Kier molecular flexibility index (Phi) is 6.51. The number of nitrogens with one attached hydrogen (secondary N) is 1. The van der Waals surface area contributed by atoms with Crippen molar-refractivity contribution in [3.8, 4) is 0 Å². The van der Waals surface area contributed by atoms with Crippen LogP contribution in [0.5, 0.6) is 0 Å². The number of carbonyl (C=O) groups excluding carboxylic acids is 1. The highest BCUT2D eigenvalue weighted by atomic mass is 79.9. The molecule has 1 fully saturated rings. The molecule has 0 aromatic heterocycles. The number of rotatable bonds is 5. The lowest BCUT2D eigenvalue weighted by Gasteiger charge is -2.31. The van der Waals surface area contributed by atoms with Gasteiger partial charge in [-0.1, -0.05) is 57.9 Å². The maximum Gasteiger partial charge on any atom is 0.238 e. The van der Waals surface area contributed by atoms with Crippen molar-refractivity contribution >= 4 is 39.1 Å². The van der Waals surface area contributed by atoms with Gasteiger partial charge in [-0.15, -0.1) is 0 Å². The highest BCUT2D eigenvalue weighted by Crippen LogP contribution is 2.26. The van der Waals surface area contributed by atoms with Crippen molar-refractivity contribution in [1.82, 2.24) is 4.90 Å². The Morgan fingerprint density at radius 1 is 1.16 bits per heavy atom. The third kappa shape index (κ3) is 5.56. The average molecular weight is 422 g/mol. The summed E-state index contributed by atoms with van der Waals surface area (Å²) in [4.78, 5) is 14.5. The van der Waals surface area contributed by atoms with Crippen LogP contribution in [-0.4, -0.2) is 30.4 Å². The molecule has 0 radical (unpaired) electrons. The van der Waals surface area contributed by atoms with E-state index in [1.165, 1.54) is 5.56 Å². The molecule has 2 aromatic carbocycles.